The summed E-state index contributed by atoms with van der Waals surface area (Å²) in [6.07, 6.45) is 4.04. The lowest BCUT2D eigenvalue weighted by Crippen LogP contribution is -2.51. The van der Waals surface area contributed by atoms with Crippen LogP contribution in [0.5, 0.6) is 5.75 Å². The minimum atomic E-state index is -1.74. The van der Waals surface area contributed by atoms with E-state index >= 15 is 0 Å². The highest BCUT2D eigenvalue weighted by molar-refractivity contribution is 6.66. The Morgan fingerprint density at radius 2 is 1.96 bits per heavy atom. The fourth-order valence-electron chi connectivity index (χ4n) is 2.79. The molecule has 1 aromatic heterocycles. The Balaban J connectivity index is 1.73. The average Bonchev–Trinajstić information content (AvgIpc) is 2.56. The summed E-state index contributed by atoms with van der Waals surface area (Å²) in [5.74, 6) is 1.71. The summed E-state index contributed by atoms with van der Waals surface area (Å²) in [4.78, 5) is 13.1. The molecule has 0 spiro atoms. The Hall–Kier alpha value is -1.60. The maximum atomic E-state index is 6.03. The standard InChI is InChI=1S/C18H18Cl3N5O/c1-17(2)6-5-10-7-11(3-4-13(10)27-17)14-24-15(18(19,20)21)26-16(25-14)23-12-8-22-9-12/h3-7,12,22H,8-9H2,1-2H3,(H,23,24,25,26). The van der Waals surface area contributed by atoms with Crippen LogP contribution in [-0.4, -0.2) is 39.7 Å². The lowest BCUT2D eigenvalue weighted by molar-refractivity contribution is 0.159. The van der Waals surface area contributed by atoms with Gasteiger partial charge in [-0.05, 0) is 38.1 Å². The number of fused-ring (bicyclic) bond motifs is 1. The molecule has 2 aliphatic heterocycles. The summed E-state index contributed by atoms with van der Waals surface area (Å²) in [5.41, 5.74) is 1.40. The molecule has 0 amide bonds. The van der Waals surface area contributed by atoms with Gasteiger partial charge in [0.25, 0.3) is 0 Å². The van der Waals surface area contributed by atoms with E-state index in [0.717, 1.165) is 30.0 Å². The van der Waals surface area contributed by atoms with Crippen LogP contribution in [0.15, 0.2) is 24.3 Å². The van der Waals surface area contributed by atoms with Crippen LogP contribution in [0.4, 0.5) is 5.95 Å². The molecule has 0 saturated carbocycles. The van der Waals surface area contributed by atoms with Crippen molar-refractivity contribution in [1.29, 1.82) is 0 Å². The summed E-state index contributed by atoms with van der Waals surface area (Å²) in [6.45, 7) is 5.68. The minimum absolute atomic E-state index is 0.0814. The van der Waals surface area contributed by atoms with Crippen LogP contribution < -0.4 is 15.4 Å². The highest BCUT2D eigenvalue weighted by Crippen LogP contribution is 2.38. The molecule has 2 N–H and O–H groups in total. The van der Waals surface area contributed by atoms with Crippen molar-refractivity contribution < 1.29 is 4.74 Å². The third kappa shape index (κ3) is 4.14. The van der Waals surface area contributed by atoms with Crippen LogP contribution in [0.1, 0.15) is 25.2 Å². The van der Waals surface area contributed by atoms with Gasteiger partial charge in [-0.1, -0.05) is 40.9 Å². The van der Waals surface area contributed by atoms with Gasteiger partial charge in [0.15, 0.2) is 11.6 Å². The third-order valence-corrected chi connectivity index (χ3v) is 4.82. The number of ether oxygens (including phenoxy) is 1. The predicted octanol–water partition coefficient (Wildman–Crippen LogP) is 3.93. The first-order valence-corrected chi connectivity index (χ1v) is 9.66. The molecule has 2 aliphatic rings. The summed E-state index contributed by atoms with van der Waals surface area (Å²) in [5, 5.41) is 6.41. The number of hydrogen-bond acceptors (Lipinski definition) is 6. The molecule has 0 unspecified atom stereocenters. The van der Waals surface area contributed by atoms with Gasteiger partial charge in [-0.2, -0.15) is 9.97 Å². The Labute approximate surface area is 172 Å². The molecular weight excluding hydrogens is 409 g/mol. The van der Waals surface area contributed by atoms with Crippen LogP contribution in [0.2, 0.25) is 0 Å². The molecule has 9 heteroatoms. The van der Waals surface area contributed by atoms with Crippen molar-refractivity contribution in [3.8, 4) is 17.1 Å². The van der Waals surface area contributed by atoms with Gasteiger partial charge in [-0.25, -0.2) is 4.98 Å². The van der Waals surface area contributed by atoms with Crippen LogP contribution in [0, 0.1) is 0 Å². The Kier molecular flexibility index (Phi) is 4.71. The predicted molar refractivity (Wildman–Crippen MR) is 109 cm³/mol. The van der Waals surface area contributed by atoms with Gasteiger partial charge in [0.2, 0.25) is 9.74 Å². The maximum Gasteiger partial charge on any atom is 0.250 e. The van der Waals surface area contributed by atoms with Crippen LogP contribution in [-0.2, 0) is 3.79 Å². The topological polar surface area (TPSA) is 72.0 Å². The van der Waals surface area contributed by atoms with Crippen molar-refractivity contribution in [1.82, 2.24) is 20.3 Å². The molecule has 0 bridgehead atoms. The first kappa shape index (κ1) is 18.7. The number of anilines is 1. The van der Waals surface area contributed by atoms with Gasteiger partial charge < -0.3 is 15.4 Å². The van der Waals surface area contributed by atoms with Crippen molar-refractivity contribution in [3.05, 3.63) is 35.7 Å². The molecule has 6 nitrogen and oxygen atoms in total. The van der Waals surface area contributed by atoms with E-state index in [1.165, 1.54) is 0 Å². The van der Waals surface area contributed by atoms with Crippen molar-refractivity contribution in [2.75, 3.05) is 18.4 Å². The van der Waals surface area contributed by atoms with E-state index < -0.39 is 3.79 Å². The molecule has 0 radical (unpaired) electrons. The number of alkyl halides is 3. The van der Waals surface area contributed by atoms with Crippen molar-refractivity contribution in [2.45, 2.75) is 29.3 Å². The Bertz CT molecular complexity index is 906. The van der Waals surface area contributed by atoms with Gasteiger partial charge in [0.1, 0.15) is 11.4 Å². The minimum Gasteiger partial charge on any atom is -0.483 e. The molecule has 2 aromatic rings. The number of hydrogen-bond donors (Lipinski definition) is 2. The zero-order valence-corrected chi connectivity index (χ0v) is 17.0. The highest BCUT2D eigenvalue weighted by atomic mass is 35.6. The van der Waals surface area contributed by atoms with E-state index in [1.54, 1.807) is 0 Å². The number of aromatic nitrogens is 3. The van der Waals surface area contributed by atoms with E-state index in [4.69, 9.17) is 39.5 Å². The van der Waals surface area contributed by atoms with Crippen LogP contribution >= 0.6 is 34.8 Å². The van der Waals surface area contributed by atoms with Crippen LogP contribution in [0.3, 0.4) is 0 Å². The summed E-state index contributed by atoms with van der Waals surface area (Å²) in [7, 11) is 0. The maximum absolute atomic E-state index is 6.03. The molecule has 0 aliphatic carbocycles. The zero-order chi connectivity index (χ0) is 19.2. The average molecular weight is 427 g/mol. The number of nitrogens with one attached hydrogen (secondary N) is 2. The number of nitrogens with zero attached hydrogens (tertiary/aromatic N) is 3. The fourth-order valence-corrected chi connectivity index (χ4v) is 3.04. The van der Waals surface area contributed by atoms with E-state index in [2.05, 4.69) is 25.6 Å². The second-order valence-electron chi connectivity index (χ2n) is 7.09. The van der Waals surface area contributed by atoms with E-state index in [9.17, 15) is 0 Å². The second-order valence-corrected chi connectivity index (χ2v) is 9.38. The molecule has 1 fully saturated rings. The van der Waals surface area contributed by atoms with Gasteiger partial charge in [0.05, 0.1) is 6.04 Å². The lowest BCUT2D eigenvalue weighted by Gasteiger charge is -2.28. The molecule has 142 valence electrons. The Morgan fingerprint density at radius 3 is 2.63 bits per heavy atom. The molecule has 27 heavy (non-hydrogen) atoms. The van der Waals surface area contributed by atoms with Gasteiger partial charge in [-0.3, -0.25) is 0 Å². The normalized spacial score (nSPS) is 18.4. The SMILES string of the molecule is CC1(C)C=Cc2cc(-c3nc(NC4CNC4)nc(C(Cl)(Cl)Cl)n3)ccc2O1. The van der Waals surface area contributed by atoms with Crippen molar-refractivity contribution >= 4 is 46.8 Å². The smallest absolute Gasteiger partial charge is 0.250 e. The largest absolute Gasteiger partial charge is 0.483 e. The number of halogens is 3. The molecule has 0 atom stereocenters. The quantitative estimate of drug-likeness (QED) is 0.725. The lowest BCUT2D eigenvalue weighted by atomic mass is 10.0. The van der Waals surface area contributed by atoms with Gasteiger partial charge in [-0.15, -0.1) is 0 Å². The van der Waals surface area contributed by atoms with Gasteiger partial charge >= 0.3 is 0 Å². The zero-order valence-electron chi connectivity index (χ0n) is 14.8. The molecule has 1 aromatic carbocycles. The van der Waals surface area contributed by atoms with E-state index in [-0.39, 0.29) is 17.5 Å². The highest BCUT2D eigenvalue weighted by Gasteiger charge is 2.30. The summed E-state index contributed by atoms with van der Waals surface area (Å²) in [6, 6.07) is 5.98. The second kappa shape index (κ2) is 6.78. The van der Waals surface area contributed by atoms with Gasteiger partial charge in [0, 0.05) is 24.2 Å². The van der Waals surface area contributed by atoms with E-state index in [0.29, 0.717) is 11.8 Å². The third-order valence-electron chi connectivity index (χ3n) is 4.31. The van der Waals surface area contributed by atoms with Crippen molar-refractivity contribution in [2.24, 2.45) is 0 Å². The number of benzene rings is 1. The first-order valence-electron chi connectivity index (χ1n) is 8.53. The van der Waals surface area contributed by atoms with Crippen molar-refractivity contribution in [3.63, 3.8) is 0 Å². The molecule has 3 heterocycles. The molecular formula is C18H18Cl3N5O. The van der Waals surface area contributed by atoms with E-state index in [1.807, 2.05) is 44.2 Å². The number of rotatable bonds is 3. The van der Waals surface area contributed by atoms with Crippen LogP contribution in [0.25, 0.3) is 17.5 Å². The fraction of sp³-hybridized carbons (Fsp3) is 0.389. The molecule has 1 saturated heterocycles. The Morgan fingerprint density at radius 1 is 1.19 bits per heavy atom. The monoisotopic (exact) mass is 425 g/mol. The first-order chi connectivity index (χ1) is 12.7. The summed E-state index contributed by atoms with van der Waals surface area (Å²) >= 11 is 18.1. The molecule has 4 rings (SSSR count). The summed E-state index contributed by atoms with van der Waals surface area (Å²) < 4.78 is 4.22.